The number of nitrogens with zero attached hydrogens (tertiary/aromatic N) is 1. The predicted molar refractivity (Wildman–Crippen MR) is 83.7 cm³/mol. The molecule has 102 valence electrons. The Labute approximate surface area is 126 Å². The van der Waals surface area contributed by atoms with E-state index < -0.39 is 0 Å². The summed E-state index contributed by atoms with van der Waals surface area (Å²) in [4.78, 5) is 15.2. The molecule has 2 unspecified atom stereocenters. The van der Waals surface area contributed by atoms with Crippen molar-refractivity contribution >= 4 is 49.6 Å². The summed E-state index contributed by atoms with van der Waals surface area (Å²) in [6.45, 7) is 0. The van der Waals surface area contributed by atoms with Crippen molar-refractivity contribution < 1.29 is 4.79 Å². The summed E-state index contributed by atoms with van der Waals surface area (Å²) in [6.07, 6.45) is 4.39. The van der Waals surface area contributed by atoms with E-state index in [1.165, 1.54) is 22.2 Å². The zero-order valence-electron chi connectivity index (χ0n) is 10.8. The van der Waals surface area contributed by atoms with Gasteiger partial charge in [0.25, 0.3) is 5.91 Å². The smallest absolute Gasteiger partial charge is 0.264 e. The van der Waals surface area contributed by atoms with Crippen molar-refractivity contribution in [3.63, 3.8) is 0 Å². The van der Waals surface area contributed by atoms with Crippen LogP contribution in [0.15, 0.2) is 17.5 Å². The van der Waals surface area contributed by atoms with Gasteiger partial charge in [0, 0.05) is 22.5 Å². The van der Waals surface area contributed by atoms with E-state index >= 15 is 0 Å². The lowest BCUT2D eigenvalue weighted by Crippen LogP contribution is -2.44. The molecule has 2 aromatic rings. The lowest BCUT2D eigenvalue weighted by atomic mass is 9.94. The van der Waals surface area contributed by atoms with Gasteiger partial charge >= 0.3 is 0 Å². The first kappa shape index (κ1) is 13.4. The number of fused-ring (bicyclic) bond motifs is 1. The summed E-state index contributed by atoms with van der Waals surface area (Å²) in [5.41, 5.74) is 0. The van der Waals surface area contributed by atoms with Gasteiger partial charge in [-0.25, -0.2) is 0 Å². The Balaban J connectivity index is 1.80. The zero-order chi connectivity index (χ0) is 13.4. The van der Waals surface area contributed by atoms with E-state index in [1.807, 2.05) is 18.0 Å². The first-order valence-corrected chi connectivity index (χ1v) is 8.68. The minimum absolute atomic E-state index is 0.101. The molecular weight excluding hydrogens is 298 g/mol. The Morgan fingerprint density at radius 2 is 2.16 bits per heavy atom. The fourth-order valence-corrected chi connectivity index (χ4v) is 5.24. The molecule has 2 aromatic heterocycles. The van der Waals surface area contributed by atoms with Crippen molar-refractivity contribution in [2.75, 3.05) is 7.05 Å². The van der Waals surface area contributed by atoms with Crippen LogP contribution in [0.25, 0.3) is 9.40 Å². The molecule has 0 aromatic carbocycles. The largest absolute Gasteiger partial charge is 0.337 e. The number of carbonyl (C=O) groups excluding carboxylic acids is 1. The van der Waals surface area contributed by atoms with Crippen molar-refractivity contribution in [2.24, 2.45) is 0 Å². The maximum absolute atomic E-state index is 12.5. The van der Waals surface area contributed by atoms with Gasteiger partial charge in [-0.15, -0.1) is 34.3 Å². The second-order valence-electron chi connectivity index (χ2n) is 5.04. The van der Waals surface area contributed by atoms with Crippen LogP contribution in [0.4, 0.5) is 0 Å². The van der Waals surface area contributed by atoms with E-state index in [-0.39, 0.29) is 17.3 Å². The van der Waals surface area contributed by atoms with Crippen LogP contribution in [0.2, 0.25) is 0 Å². The van der Waals surface area contributed by atoms with Crippen LogP contribution in [0, 0.1) is 0 Å². The third-order valence-electron chi connectivity index (χ3n) is 3.82. The molecule has 2 heterocycles. The van der Waals surface area contributed by atoms with Gasteiger partial charge in [0.1, 0.15) is 0 Å². The van der Waals surface area contributed by atoms with Crippen LogP contribution in [0.1, 0.15) is 35.4 Å². The van der Waals surface area contributed by atoms with Crippen LogP contribution in [-0.4, -0.2) is 29.3 Å². The second-order valence-corrected chi connectivity index (χ2v) is 7.64. The third kappa shape index (κ3) is 2.54. The summed E-state index contributed by atoms with van der Waals surface area (Å²) in [7, 11) is 1.89. The van der Waals surface area contributed by atoms with Crippen molar-refractivity contribution in [1.82, 2.24) is 4.90 Å². The maximum Gasteiger partial charge on any atom is 0.264 e. The van der Waals surface area contributed by atoms with Gasteiger partial charge in [0.15, 0.2) is 0 Å². The fraction of sp³-hybridized carbons (Fsp3) is 0.500. The van der Waals surface area contributed by atoms with Gasteiger partial charge in [-0.3, -0.25) is 4.79 Å². The molecule has 2 nitrogen and oxygen atoms in total. The SMILES string of the molecule is CN(C(=O)c1cc2sccc2s1)C1CCCCC1Cl. The highest BCUT2D eigenvalue weighted by molar-refractivity contribution is 7.27. The molecule has 0 saturated heterocycles. The summed E-state index contributed by atoms with van der Waals surface area (Å²) in [5, 5.41) is 2.17. The van der Waals surface area contributed by atoms with E-state index in [0.29, 0.717) is 0 Å². The molecule has 3 rings (SSSR count). The fourth-order valence-electron chi connectivity index (χ4n) is 2.70. The number of alkyl halides is 1. The predicted octanol–water partition coefficient (Wildman–Crippen LogP) is 4.58. The molecule has 2 atom stereocenters. The van der Waals surface area contributed by atoms with Crippen molar-refractivity contribution in [1.29, 1.82) is 0 Å². The van der Waals surface area contributed by atoms with Crippen LogP contribution >= 0.6 is 34.3 Å². The molecule has 1 fully saturated rings. The van der Waals surface area contributed by atoms with Gasteiger partial charge in [-0.05, 0) is 30.4 Å². The van der Waals surface area contributed by atoms with E-state index in [2.05, 4.69) is 11.4 Å². The number of halogens is 1. The second kappa shape index (κ2) is 5.43. The molecule has 1 aliphatic rings. The maximum atomic E-state index is 12.5. The number of amides is 1. The van der Waals surface area contributed by atoms with Crippen molar-refractivity contribution in [3.05, 3.63) is 22.4 Å². The highest BCUT2D eigenvalue weighted by atomic mass is 35.5. The third-order valence-corrected chi connectivity index (χ3v) is 6.41. The standard InChI is InChI=1S/C14H16ClNOS2/c1-16(10-5-3-2-4-9(10)15)14(17)13-8-12-11(19-13)6-7-18-12/h6-10H,2-5H2,1H3. The summed E-state index contributed by atoms with van der Waals surface area (Å²) in [5.74, 6) is 0.117. The number of hydrogen-bond donors (Lipinski definition) is 0. The molecular formula is C14H16ClNOS2. The molecule has 5 heteroatoms. The summed E-state index contributed by atoms with van der Waals surface area (Å²) in [6, 6.07) is 4.27. The Bertz CT molecular complexity index is 563. The highest BCUT2D eigenvalue weighted by Crippen LogP contribution is 2.32. The molecule has 0 aliphatic heterocycles. The molecule has 19 heavy (non-hydrogen) atoms. The average Bonchev–Trinajstić information content (AvgIpc) is 2.98. The van der Waals surface area contributed by atoms with Gasteiger partial charge in [-0.1, -0.05) is 12.8 Å². The Morgan fingerprint density at radius 1 is 1.37 bits per heavy atom. The van der Waals surface area contributed by atoms with Gasteiger partial charge in [-0.2, -0.15) is 0 Å². The Hall–Kier alpha value is -0.580. The van der Waals surface area contributed by atoms with Crippen molar-refractivity contribution in [3.8, 4) is 0 Å². The van der Waals surface area contributed by atoms with Gasteiger partial charge in [0.05, 0.1) is 10.3 Å². The zero-order valence-corrected chi connectivity index (χ0v) is 13.2. The van der Waals surface area contributed by atoms with Crippen LogP contribution in [0.5, 0.6) is 0 Å². The average molecular weight is 314 g/mol. The molecule has 0 radical (unpaired) electrons. The minimum Gasteiger partial charge on any atom is -0.337 e. The Kier molecular flexibility index (Phi) is 3.83. The van der Waals surface area contributed by atoms with Crippen LogP contribution < -0.4 is 0 Å². The molecule has 1 aliphatic carbocycles. The molecule has 0 spiro atoms. The topological polar surface area (TPSA) is 20.3 Å². The van der Waals surface area contributed by atoms with Crippen LogP contribution in [0.3, 0.4) is 0 Å². The van der Waals surface area contributed by atoms with E-state index in [1.54, 1.807) is 22.7 Å². The van der Waals surface area contributed by atoms with Gasteiger partial charge in [0.2, 0.25) is 0 Å². The van der Waals surface area contributed by atoms with E-state index in [9.17, 15) is 4.79 Å². The number of rotatable bonds is 2. The van der Waals surface area contributed by atoms with E-state index in [0.717, 1.165) is 17.7 Å². The normalized spacial score (nSPS) is 23.7. The minimum atomic E-state index is 0.101. The summed E-state index contributed by atoms with van der Waals surface area (Å²) >= 11 is 9.65. The molecule has 1 amide bonds. The number of hydrogen-bond acceptors (Lipinski definition) is 3. The molecule has 0 bridgehead atoms. The van der Waals surface area contributed by atoms with Gasteiger partial charge < -0.3 is 4.90 Å². The number of carbonyl (C=O) groups is 1. The number of thiophene rings is 2. The first-order valence-electron chi connectivity index (χ1n) is 6.55. The van der Waals surface area contributed by atoms with E-state index in [4.69, 9.17) is 11.6 Å². The summed E-state index contributed by atoms with van der Waals surface area (Å²) < 4.78 is 2.40. The Morgan fingerprint density at radius 3 is 2.89 bits per heavy atom. The van der Waals surface area contributed by atoms with Crippen LogP contribution in [-0.2, 0) is 0 Å². The molecule has 1 saturated carbocycles. The monoisotopic (exact) mass is 313 g/mol. The highest BCUT2D eigenvalue weighted by Gasteiger charge is 2.30. The first-order chi connectivity index (χ1) is 9.16. The quantitative estimate of drug-likeness (QED) is 0.743. The lowest BCUT2D eigenvalue weighted by Gasteiger charge is -2.34. The lowest BCUT2D eigenvalue weighted by molar-refractivity contribution is 0.0705. The van der Waals surface area contributed by atoms with Crippen molar-refractivity contribution in [2.45, 2.75) is 37.1 Å². The molecule has 0 N–H and O–H groups in total.